The predicted molar refractivity (Wildman–Crippen MR) is 87.7 cm³/mol. The maximum absolute atomic E-state index is 5.98. The quantitative estimate of drug-likeness (QED) is 0.707. The minimum Gasteiger partial charge on any atom is -0.382 e. The number of ether oxygens (including phenoxy) is 1. The third-order valence-corrected chi connectivity index (χ3v) is 3.52. The van der Waals surface area contributed by atoms with Crippen LogP contribution in [0.1, 0.15) is 52.0 Å². The Balaban J connectivity index is 2.60. The standard InChI is InChI=1S/C17H28ClNO/c1-5-20-12-6-7-15(13-19-17(2,3)4)14-8-10-16(18)11-9-14/h8-11,15,19H,5-7,12-13H2,1-4H3. The van der Waals surface area contributed by atoms with E-state index < -0.39 is 0 Å². The molecule has 1 aromatic carbocycles. The van der Waals surface area contributed by atoms with Gasteiger partial charge in [0.25, 0.3) is 0 Å². The fourth-order valence-corrected chi connectivity index (χ4v) is 2.25. The molecular formula is C17H28ClNO. The molecule has 0 fully saturated rings. The monoisotopic (exact) mass is 297 g/mol. The van der Waals surface area contributed by atoms with Crippen LogP contribution in [0.2, 0.25) is 5.02 Å². The summed E-state index contributed by atoms with van der Waals surface area (Å²) in [6, 6.07) is 8.23. The molecule has 0 spiro atoms. The molecule has 1 unspecified atom stereocenters. The first-order chi connectivity index (χ1) is 9.42. The van der Waals surface area contributed by atoms with E-state index in [-0.39, 0.29) is 5.54 Å². The minimum absolute atomic E-state index is 0.143. The van der Waals surface area contributed by atoms with Gasteiger partial charge in [-0.3, -0.25) is 0 Å². The van der Waals surface area contributed by atoms with Crippen LogP contribution in [0.25, 0.3) is 0 Å². The van der Waals surface area contributed by atoms with E-state index in [2.05, 4.69) is 38.2 Å². The molecule has 1 aromatic rings. The van der Waals surface area contributed by atoms with Crippen LogP contribution in [-0.2, 0) is 4.74 Å². The lowest BCUT2D eigenvalue weighted by Gasteiger charge is -2.26. The molecule has 2 nitrogen and oxygen atoms in total. The first kappa shape index (κ1) is 17.5. The van der Waals surface area contributed by atoms with E-state index in [9.17, 15) is 0 Å². The smallest absolute Gasteiger partial charge is 0.0466 e. The van der Waals surface area contributed by atoms with Gasteiger partial charge in [-0.25, -0.2) is 0 Å². The molecule has 0 aliphatic heterocycles. The van der Waals surface area contributed by atoms with E-state index in [0.717, 1.165) is 37.6 Å². The lowest BCUT2D eigenvalue weighted by atomic mass is 9.93. The normalized spacial score (nSPS) is 13.4. The second-order valence-electron chi connectivity index (χ2n) is 6.22. The lowest BCUT2D eigenvalue weighted by Crippen LogP contribution is -2.38. The van der Waals surface area contributed by atoms with Crippen molar-refractivity contribution in [1.82, 2.24) is 5.32 Å². The summed E-state index contributed by atoms with van der Waals surface area (Å²) in [4.78, 5) is 0. The number of nitrogens with one attached hydrogen (secondary N) is 1. The summed E-state index contributed by atoms with van der Waals surface area (Å²) in [5.74, 6) is 0.506. The maximum atomic E-state index is 5.98. The number of halogens is 1. The van der Waals surface area contributed by atoms with Gasteiger partial charge in [-0.15, -0.1) is 0 Å². The zero-order valence-electron chi connectivity index (χ0n) is 13.2. The Morgan fingerprint density at radius 1 is 1.20 bits per heavy atom. The van der Waals surface area contributed by atoms with Gasteiger partial charge in [-0.05, 0) is 64.2 Å². The lowest BCUT2D eigenvalue weighted by molar-refractivity contribution is 0.141. The van der Waals surface area contributed by atoms with Crippen LogP contribution in [0.15, 0.2) is 24.3 Å². The molecule has 0 bridgehead atoms. The molecule has 0 aliphatic rings. The van der Waals surface area contributed by atoms with Crippen molar-refractivity contribution in [3.05, 3.63) is 34.9 Å². The Bertz CT molecular complexity index is 370. The van der Waals surface area contributed by atoms with E-state index in [1.165, 1.54) is 5.56 Å². The van der Waals surface area contributed by atoms with Gasteiger partial charge in [0.15, 0.2) is 0 Å². The van der Waals surface area contributed by atoms with E-state index in [0.29, 0.717) is 5.92 Å². The van der Waals surface area contributed by atoms with Crippen molar-refractivity contribution in [1.29, 1.82) is 0 Å². The SMILES string of the molecule is CCOCCCC(CNC(C)(C)C)c1ccc(Cl)cc1. The van der Waals surface area contributed by atoms with Crippen molar-refractivity contribution in [2.45, 2.75) is 52.0 Å². The van der Waals surface area contributed by atoms with Gasteiger partial charge in [0.1, 0.15) is 0 Å². The summed E-state index contributed by atoms with van der Waals surface area (Å²) >= 11 is 5.98. The zero-order chi connectivity index (χ0) is 15.0. The van der Waals surface area contributed by atoms with Gasteiger partial charge in [-0.2, -0.15) is 0 Å². The molecule has 20 heavy (non-hydrogen) atoms. The summed E-state index contributed by atoms with van der Waals surface area (Å²) in [6.07, 6.45) is 2.22. The molecule has 0 saturated carbocycles. The summed E-state index contributed by atoms with van der Waals surface area (Å²) in [7, 11) is 0. The average Bonchev–Trinajstić information content (AvgIpc) is 2.38. The summed E-state index contributed by atoms with van der Waals surface area (Å²) < 4.78 is 5.44. The van der Waals surface area contributed by atoms with Gasteiger partial charge in [0.05, 0.1) is 0 Å². The second-order valence-corrected chi connectivity index (χ2v) is 6.65. The first-order valence-corrected chi connectivity index (χ1v) is 7.88. The Morgan fingerprint density at radius 3 is 2.40 bits per heavy atom. The highest BCUT2D eigenvalue weighted by Crippen LogP contribution is 2.23. The molecule has 0 heterocycles. The van der Waals surface area contributed by atoms with Gasteiger partial charge >= 0.3 is 0 Å². The Labute approximate surface area is 128 Å². The van der Waals surface area contributed by atoms with Crippen LogP contribution in [0.4, 0.5) is 0 Å². The highest BCUT2D eigenvalue weighted by atomic mass is 35.5. The maximum Gasteiger partial charge on any atom is 0.0466 e. The van der Waals surface area contributed by atoms with Crippen molar-refractivity contribution >= 4 is 11.6 Å². The summed E-state index contributed by atoms with van der Waals surface area (Å²) in [5.41, 5.74) is 1.49. The summed E-state index contributed by atoms with van der Waals surface area (Å²) in [5, 5.41) is 4.40. The van der Waals surface area contributed by atoms with E-state index in [1.807, 2.05) is 19.1 Å². The molecule has 0 aliphatic carbocycles. The van der Waals surface area contributed by atoms with Crippen molar-refractivity contribution in [3.8, 4) is 0 Å². The number of benzene rings is 1. The van der Waals surface area contributed by atoms with Crippen LogP contribution in [0.3, 0.4) is 0 Å². The third kappa shape index (κ3) is 7.28. The minimum atomic E-state index is 0.143. The molecule has 1 rings (SSSR count). The molecule has 0 saturated heterocycles. The number of hydrogen-bond donors (Lipinski definition) is 1. The number of rotatable bonds is 8. The average molecular weight is 298 g/mol. The highest BCUT2D eigenvalue weighted by Gasteiger charge is 2.15. The second kappa shape index (κ2) is 8.66. The van der Waals surface area contributed by atoms with Crippen LogP contribution in [-0.4, -0.2) is 25.3 Å². The van der Waals surface area contributed by atoms with Gasteiger partial charge in [0, 0.05) is 30.3 Å². The Hall–Kier alpha value is -0.570. The van der Waals surface area contributed by atoms with Crippen molar-refractivity contribution in [2.24, 2.45) is 0 Å². The Morgan fingerprint density at radius 2 is 1.85 bits per heavy atom. The third-order valence-electron chi connectivity index (χ3n) is 3.27. The predicted octanol–water partition coefficient (Wildman–Crippen LogP) is 4.63. The van der Waals surface area contributed by atoms with Crippen molar-refractivity contribution < 1.29 is 4.74 Å². The molecule has 114 valence electrons. The van der Waals surface area contributed by atoms with Gasteiger partial charge in [-0.1, -0.05) is 23.7 Å². The van der Waals surface area contributed by atoms with Crippen LogP contribution in [0, 0.1) is 0 Å². The molecular weight excluding hydrogens is 270 g/mol. The van der Waals surface area contributed by atoms with E-state index in [1.54, 1.807) is 0 Å². The van der Waals surface area contributed by atoms with E-state index >= 15 is 0 Å². The van der Waals surface area contributed by atoms with Crippen molar-refractivity contribution in [3.63, 3.8) is 0 Å². The zero-order valence-corrected chi connectivity index (χ0v) is 14.0. The largest absolute Gasteiger partial charge is 0.382 e. The number of hydrogen-bond acceptors (Lipinski definition) is 2. The molecule has 1 atom stereocenters. The van der Waals surface area contributed by atoms with Crippen LogP contribution in [0.5, 0.6) is 0 Å². The molecule has 3 heteroatoms. The molecule has 0 radical (unpaired) electrons. The van der Waals surface area contributed by atoms with Gasteiger partial charge in [0.2, 0.25) is 0 Å². The van der Waals surface area contributed by atoms with E-state index in [4.69, 9.17) is 16.3 Å². The van der Waals surface area contributed by atoms with Gasteiger partial charge < -0.3 is 10.1 Å². The molecule has 1 N–H and O–H groups in total. The van der Waals surface area contributed by atoms with Crippen LogP contribution >= 0.6 is 11.6 Å². The van der Waals surface area contributed by atoms with Crippen molar-refractivity contribution in [2.75, 3.05) is 19.8 Å². The molecule has 0 amide bonds. The summed E-state index contributed by atoms with van der Waals surface area (Å²) in [6.45, 7) is 11.3. The topological polar surface area (TPSA) is 21.3 Å². The first-order valence-electron chi connectivity index (χ1n) is 7.50. The highest BCUT2D eigenvalue weighted by molar-refractivity contribution is 6.30. The fraction of sp³-hybridized carbons (Fsp3) is 0.647. The molecule has 0 aromatic heterocycles. The Kier molecular flexibility index (Phi) is 7.57. The fourth-order valence-electron chi connectivity index (χ4n) is 2.13. The van der Waals surface area contributed by atoms with Crippen LogP contribution < -0.4 is 5.32 Å².